The first-order chi connectivity index (χ1) is 23.3. The smallest absolute Gasteiger partial charge is 0.414 e. The molecule has 2 aliphatic heterocycles. The van der Waals surface area contributed by atoms with Crippen molar-refractivity contribution in [3.8, 4) is 23.1 Å². The van der Waals surface area contributed by atoms with Crippen LogP contribution in [0.4, 0.5) is 22.1 Å². The fourth-order valence-corrected chi connectivity index (χ4v) is 7.37. The summed E-state index contributed by atoms with van der Waals surface area (Å²) in [4.78, 5) is 26.9. The van der Waals surface area contributed by atoms with E-state index in [1.54, 1.807) is 17.2 Å². The highest BCUT2D eigenvalue weighted by Gasteiger charge is 2.47. The first-order valence-electron chi connectivity index (χ1n) is 17.3. The molecule has 2 unspecified atom stereocenters. The Balaban J connectivity index is 1.52. The molecule has 50 heavy (non-hydrogen) atoms. The van der Waals surface area contributed by atoms with Crippen molar-refractivity contribution in [2.45, 2.75) is 96.6 Å². The molecule has 0 aliphatic carbocycles. The molecule has 10 nitrogen and oxygen atoms in total. The number of likely N-dealkylation sites (tertiary alicyclic amines) is 1. The van der Waals surface area contributed by atoms with Crippen molar-refractivity contribution in [2.24, 2.45) is 0 Å². The second kappa shape index (κ2) is 14.1. The molecule has 3 aromatic rings. The number of nitrogens with zero attached hydrogens (tertiary/aromatic N) is 5. The Labute approximate surface area is 303 Å². The van der Waals surface area contributed by atoms with E-state index < -0.39 is 25.4 Å². The summed E-state index contributed by atoms with van der Waals surface area (Å²) in [5.41, 5.74) is 2.43. The van der Waals surface area contributed by atoms with Gasteiger partial charge >= 0.3 is 6.09 Å². The third kappa shape index (κ3) is 8.43. The van der Waals surface area contributed by atoms with Gasteiger partial charge in [-0.25, -0.2) is 14.8 Å². The molecule has 1 fully saturated rings. The predicted molar refractivity (Wildman–Crippen MR) is 202 cm³/mol. The zero-order valence-corrected chi connectivity index (χ0v) is 32.9. The van der Waals surface area contributed by atoms with Crippen LogP contribution in [-0.4, -0.2) is 74.3 Å². The number of piperidine rings is 1. The van der Waals surface area contributed by atoms with Crippen molar-refractivity contribution >= 4 is 43.3 Å². The third-order valence-corrected chi connectivity index (χ3v) is 14.6. The van der Waals surface area contributed by atoms with E-state index in [2.05, 4.69) is 69.1 Å². The van der Waals surface area contributed by atoms with Crippen molar-refractivity contribution in [2.75, 3.05) is 43.5 Å². The number of anilines is 3. The second-order valence-corrected chi connectivity index (χ2v) is 21.6. The molecular formula is C38H51ClN6O4Si. The lowest BCUT2D eigenvalue weighted by Gasteiger charge is -2.39. The van der Waals surface area contributed by atoms with E-state index >= 15 is 0 Å². The number of nitriles is 1. The van der Waals surface area contributed by atoms with Gasteiger partial charge in [0, 0.05) is 41.9 Å². The molecule has 2 aliphatic rings. The zero-order chi connectivity index (χ0) is 36.6. The number of amides is 1. The summed E-state index contributed by atoms with van der Waals surface area (Å²) in [6, 6.07) is 13.4. The van der Waals surface area contributed by atoms with Crippen LogP contribution in [0.15, 0.2) is 42.6 Å². The van der Waals surface area contributed by atoms with Crippen LogP contribution in [-0.2, 0) is 14.6 Å². The van der Waals surface area contributed by atoms with Crippen LogP contribution in [0.1, 0.15) is 72.4 Å². The van der Waals surface area contributed by atoms with E-state index in [4.69, 9.17) is 30.5 Å². The van der Waals surface area contributed by atoms with Crippen LogP contribution in [0.25, 0.3) is 11.3 Å². The molecule has 1 saturated heterocycles. The van der Waals surface area contributed by atoms with Crippen LogP contribution in [0.5, 0.6) is 5.75 Å². The van der Waals surface area contributed by atoms with Crippen molar-refractivity contribution in [3.63, 3.8) is 0 Å². The number of nitrogens with one attached hydrogen (secondary N) is 1. The lowest BCUT2D eigenvalue weighted by atomic mass is 9.83. The monoisotopic (exact) mass is 718 g/mol. The van der Waals surface area contributed by atoms with Crippen LogP contribution >= 0.6 is 11.6 Å². The quantitative estimate of drug-likeness (QED) is 0.228. The Kier molecular flexibility index (Phi) is 10.6. The predicted octanol–water partition coefficient (Wildman–Crippen LogP) is 8.92. The average molecular weight is 719 g/mol. The highest BCUT2D eigenvalue weighted by molar-refractivity contribution is 6.74. The van der Waals surface area contributed by atoms with Gasteiger partial charge in [0.2, 0.25) is 5.95 Å². The zero-order valence-electron chi connectivity index (χ0n) is 31.1. The van der Waals surface area contributed by atoms with Gasteiger partial charge in [-0.1, -0.05) is 39.3 Å². The van der Waals surface area contributed by atoms with Gasteiger partial charge in [0.25, 0.3) is 0 Å². The molecule has 0 saturated carbocycles. The summed E-state index contributed by atoms with van der Waals surface area (Å²) in [5.74, 6) is 1.03. The minimum absolute atomic E-state index is 0.000306. The molecule has 1 amide bonds. The number of benzene rings is 2. The first-order valence-corrected chi connectivity index (χ1v) is 20.6. The van der Waals surface area contributed by atoms with Gasteiger partial charge in [0.1, 0.15) is 23.5 Å². The molecule has 2 atom stereocenters. The number of carbonyl (C=O) groups excluding carboxylic acids is 1. The number of ether oxygens (including phenoxy) is 2. The fraction of sp³-hybridized carbons (Fsp3) is 0.526. The van der Waals surface area contributed by atoms with Crippen molar-refractivity contribution in [1.29, 1.82) is 5.26 Å². The number of likely N-dealkylation sites (N-methyl/N-ethyl adjacent to an activating group) is 1. The number of fused-ring (bicyclic) bond motifs is 1. The largest absolute Gasteiger partial charge is 0.487 e. The third-order valence-electron chi connectivity index (χ3n) is 9.84. The lowest BCUT2D eigenvalue weighted by Crippen LogP contribution is -2.46. The molecule has 0 spiro atoms. The van der Waals surface area contributed by atoms with E-state index in [1.807, 2.05) is 51.1 Å². The molecule has 0 bridgehead atoms. The summed E-state index contributed by atoms with van der Waals surface area (Å²) < 4.78 is 19.0. The van der Waals surface area contributed by atoms with Gasteiger partial charge < -0.3 is 24.1 Å². The lowest BCUT2D eigenvalue weighted by molar-refractivity contribution is 0.0575. The van der Waals surface area contributed by atoms with Crippen LogP contribution in [0.3, 0.4) is 0 Å². The summed E-state index contributed by atoms with van der Waals surface area (Å²) >= 11 is 6.42. The number of carbonyl (C=O) groups is 1. The molecule has 2 aromatic carbocycles. The van der Waals surface area contributed by atoms with Gasteiger partial charge in [-0.3, -0.25) is 4.90 Å². The molecule has 3 heterocycles. The molecule has 12 heteroatoms. The maximum atomic E-state index is 13.6. The number of halogens is 1. The Morgan fingerprint density at radius 2 is 1.90 bits per heavy atom. The SMILES string of the molecule is CN1CCCC(Oc2ccc(Cl)cc2Nc2nccc(-c3cc(C#N)c4c(c3)C(C)(CO[Si](C)(C)C(C)(C)C)CN4C(=O)OC(C)(C)C)n2)C1. The van der Waals surface area contributed by atoms with Gasteiger partial charge in [0.15, 0.2) is 8.32 Å². The molecule has 5 rings (SSSR count). The molecule has 268 valence electrons. The fourth-order valence-electron chi connectivity index (χ4n) is 6.08. The minimum atomic E-state index is -2.15. The highest BCUT2D eigenvalue weighted by Crippen LogP contribution is 2.47. The summed E-state index contributed by atoms with van der Waals surface area (Å²) in [6.07, 6.45) is 3.30. The summed E-state index contributed by atoms with van der Waals surface area (Å²) in [5, 5.41) is 14.4. The van der Waals surface area contributed by atoms with E-state index in [1.165, 1.54) is 0 Å². The van der Waals surface area contributed by atoms with E-state index in [0.717, 1.165) is 37.1 Å². The standard InChI is InChI=1S/C38H51ClN6O4Si/c1-36(2,3)49-35(46)45-23-38(7,24-47-50(9,10)37(4,5)6)29-19-25(18-26(21-40)33(29)45)30-15-16-41-34(42-30)43-31-20-27(39)13-14-32(31)48-28-12-11-17-44(8)22-28/h13-16,18-20,28H,11-12,17,22-24H2,1-10H3,(H,41,42,43). The van der Waals surface area contributed by atoms with Gasteiger partial charge in [-0.2, -0.15) is 5.26 Å². The van der Waals surface area contributed by atoms with Crippen molar-refractivity contribution in [1.82, 2.24) is 14.9 Å². The van der Waals surface area contributed by atoms with E-state index in [-0.39, 0.29) is 11.1 Å². The second-order valence-electron chi connectivity index (χ2n) is 16.4. The molecule has 1 aromatic heterocycles. The van der Waals surface area contributed by atoms with Crippen LogP contribution < -0.4 is 15.0 Å². The van der Waals surface area contributed by atoms with Crippen molar-refractivity contribution < 1.29 is 18.7 Å². The first kappa shape index (κ1) is 37.6. The van der Waals surface area contributed by atoms with E-state index in [0.29, 0.717) is 52.5 Å². The van der Waals surface area contributed by atoms with Gasteiger partial charge in [0.05, 0.1) is 22.6 Å². The highest BCUT2D eigenvalue weighted by atomic mass is 35.5. The molecular weight excluding hydrogens is 668 g/mol. The number of hydrogen-bond donors (Lipinski definition) is 1. The maximum Gasteiger partial charge on any atom is 0.414 e. The molecule has 1 N–H and O–H groups in total. The normalized spacial score (nSPS) is 19.9. The number of aromatic nitrogens is 2. The Morgan fingerprint density at radius 3 is 2.56 bits per heavy atom. The number of rotatable bonds is 8. The van der Waals surface area contributed by atoms with Crippen LogP contribution in [0.2, 0.25) is 23.2 Å². The number of hydrogen-bond acceptors (Lipinski definition) is 9. The topological polar surface area (TPSA) is 113 Å². The van der Waals surface area contributed by atoms with E-state index in [9.17, 15) is 10.1 Å². The molecule has 0 radical (unpaired) electrons. The summed E-state index contributed by atoms with van der Waals surface area (Å²) in [7, 11) is -0.0467. The Bertz CT molecular complexity index is 1780. The Morgan fingerprint density at radius 1 is 1.16 bits per heavy atom. The van der Waals surface area contributed by atoms with Crippen molar-refractivity contribution in [3.05, 3.63) is 58.7 Å². The maximum absolute atomic E-state index is 13.6. The van der Waals surface area contributed by atoms with Crippen LogP contribution in [0, 0.1) is 11.3 Å². The summed E-state index contributed by atoms with van der Waals surface area (Å²) in [6.45, 7) is 21.3. The van der Waals surface area contributed by atoms with Gasteiger partial charge in [-0.05, 0) is 107 Å². The Hall–Kier alpha value is -3.69. The average Bonchev–Trinajstić information content (AvgIpc) is 3.33. The minimum Gasteiger partial charge on any atom is -0.487 e. The van der Waals surface area contributed by atoms with Gasteiger partial charge in [-0.15, -0.1) is 0 Å².